The summed E-state index contributed by atoms with van der Waals surface area (Å²) in [7, 11) is 0. The van der Waals surface area contributed by atoms with Crippen LogP contribution >= 0.6 is 34.8 Å². The number of benzene rings is 1. The average molecular weight is 510 g/mol. The second-order valence-corrected chi connectivity index (χ2v) is 10.6. The van der Waals surface area contributed by atoms with E-state index in [0.29, 0.717) is 36.3 Å². The topological polar surface area (TPSA) is 67.9 Å². The smallest absolute Gasteiger partial charge is 0.407 e. The second kappa shape index (κ2) is 12.8. The van der Waals surface area contributed by atoms with Crippen molar-refractivity contribution in [2.24, 2.45) is 0 Å². The molecule has 6 nitrogen and oxygen atoms in total. The number of halogens is 3. The van der Waals surface area contributed by atoms with Gasteiger partial charge in [0, 0.05) is 41.6 Å². The number of carbonyl (C=O) groups excluding carboxylic acids is 2. The molecule has 0 saturated heterocycles. The van der Waals surface area contributed by atoms with E-state index < -0.39 is 29.3 Å². The SMILES string of the molecule is CC(C)(C)OC(=O)C[C@H](Cc1cc(N(CCCl)CCCl)ccc1Cl)NC(=O)OC(C)(C)C. The van der Waals surface area contributed by atoms with Gasteiger partial charge < -0.3 is 19.7 Å². The van der Waals surface area contributed by atoms with Crippen LogP contribution in [0.15, 0.2) is 18.2 Å². The molecule has 32 heavy (non-hydrogen) atoms. The first kappa shape index (κ1) is 28.7. The third-order valence-corrected chi connectivity index (χ3v) is 4.83. The molecular formula is C23H35Cl3N2O4. The van der Waals surface area contributed by atoms with Crippen LogP contribution < -0.4 is 10.2 Å². The van der Waals surface area contributed by atoms with Gasteiger partial charge in [0.05, 0.1) is 6.42 Å². The van der Waals surface area contributed by atoms with Crippen molar-refractivity contribution in [3.05, 3.63) is 28.8 Å². The number of amides is 1. The van der Waals surface area contributed by atoms with Gasteiger partial charge in [-0.2, -0.15) is 0 Å². The van der Waals surface area contributed by atoms with Crippen LogP contribution in [0.25, 0.3) is 0 Å². The molecular weight excluding hydrogens is 475 g/mol. The fourth-order valence-corrected chi connectivity index (χ4v) is 3.59. The highest BCUT2D eigenvalue weighted by atomic mass is 35.5. The van der Waals surface area contributed by atoms with E-state index >= 15 is 0 Å². The molecule has 0 aliphatic heterocycles. The van der Waals surface area contributed by atoms with Gasteiger partial charge in [-0.15, -0.1) is 23.2 Å². The fraction of sp³-hybridized carbons (Fsp3) is 0.652. The Morgan fingerprint density at radius 1 is 1.00 bits per heavy atom. The van der Waals surface area contributed by atoms with Crippen molar-refractivity contribution < 1.29 is 19.1 Å². The summed E-state index contributed by atoms with van der Waals surface area (Å²) in [5.74, 6) is 0.490. The molecule has 0 heterocycles. The quantitative estimate of drug-likeness (QED) is 0.319. The van der Waals surface area contributed by atoms with Gasteiger partial charge >= 0.3 is 12.1 Å². The van der Waals surface area contributed by atoms with Crippen molar-refractivity contribution in [3.8, 4) is 0 Å². The molecule has 0 fully saturated rings. The zero-order valence-electron chi connectivity index (χ0n) is 19.8. The third-order valence-electron chi connectivity index (χ3n) is 4.12. The number of ether oxygens (including phenoxy) is 2. The lowest BCUT2D eigenvalue weighted by molar-refractivity contribution is -0.155. The predicted octanol–water partition coefficient (Wildman–Crippen LogP) is 5.79. The van der Waals surface area contributed by atoms with Crippen molar-refractivity contribution in [1.29, 1.82) is 0 Å². The van der Waals surface area contributed by atoms with Gasteiger partial charge in [-0.05, 0) is 71.7 Å². The normalized spacial score (nSPS) is 12.8. The monoisotopic (exact) mass is 508 g/mol. The van der Waals surface area contributed by atoms with Crippen LogP contribution in [-0.2, 0) is 20.7 Å². The van der Waals surface area contributed by atoms with Crippen LogP contribution in [0.4, 0.5) is 10.5 Å². The summed E-state index contributed by atoms with van der Waals surface area (Å²) in [6.45, 7) is 12.0. The standard InChI is InChI=1S/C23H35Cl3N2O4/c1-22(2,3)31-20(29)15-17(27-21(30)32-23(4,5)6)13-16-14-18(7-8-19(16)26)28(11-9-24)12-10-25/h7-8,14,17H,9-13,15H2,1-6H3,(H,27,30)/t17-/m0/s1. The molecule has 1 aromatic carbocycles. The molecule has 0 aliphatic rings. The number of alkyl carbamates (subject to hydrolysis) is 1. The Morgan fingerprint density at radius 2 is 1.56 bits per heavy atom. The second-order valence-electron chi connectivity index (χ2n) is 9.48. The van der Waals surface area contributed by atoms with Crippen LogP contribution in [0.3, 0.4) is 0 Å². The highest BCUT2D eigenvalue weighted by Crippen LogP contribution is 2.26. The van der Waals surface area contributed by atoms with E-state index in [1.165, 1.54) is 0 Å². The van der Waals surface area contributed by atoms with Crippen LogP contribution in [0.5, 0.6) is 0 Å². The Hall–Kier alpha value is -1.37. The van der Waals surface area contributed by atoms with Crippen molar-refractivity contribution >= 4 is 52.6 Å². The van der Waals surface area contributed by atoms with E-state index in [2.05, 4.69) is 10.2 Å². The molecule has 9 heteroatoms. The number of alkyl halides is 2. The van der Waals surface area contributed by atoms with Gasteiger partial charge in [-0.1, -0.05) is 11.6 Å². The van der Waals surface area contributed by atoms with Crippen LogP contribution in [0, 0.1) is 0 Å². The van der Waals surface area contributed by atoms with E-state index in [1.54, 1.807) is 47.6 Å². The number of nitrogens with one attached hydrogen (secondary N) is 1. The molecule has 0 unspecified atom stereocenters. The number of carbonyl (C=O) groups is 2. The first-order chi connectivity index (χ1) is 14.7. The predicted molar refractivity (Wildman–Crippen MR) is 132 cm³/mol. The Balaban J connectivity index is 3.12. The van der Waals surface area contributed by atoms with Gasteiger partial charge in [-0.3, -0.25) is 4.79 Å². The zero-order valence-corrected chi connectivity index (χ0v) is 22.0. The molecule has 0 aliphatic carbocycles. The fourth-order valence-electron chi connectivity index (χ4n) is 2.99. The molecule has 0 spiro atoms. The Kier molecular flexibility index (Phi) is 11.4. The summed E-state index contributed by atoms with van der Waals surface area (Å²) in [4.78, 5) is 26.9. The largest absolute Gasteiger partial charge is 0.460 e. The van der Waals surface area contributed by atoms with Gasteiger partial charge in [0.2, 0.25) is 0 Å². The van der Waals surface area contributed by atoms with Crippen LogP contribution in [0.2, 0.25) is 5.02 Å². The Morgan fingerprint density at radius 3 is 2.06 bits per heavy atom. The minimum absolute atomic E-state index is 0.0237. The van der Waals surface area contributed by atoms with Crippen LogP contribution in [0.1, 0.15) is 53.5 Å². The lowest BCUT2D eigenvalue weighted by Gasteiger charge is -2.26. The molecule has 182 valence electrons. The summed E-state index contributed by atoms with van der Waals surface area (Å²) in [5, 5.41) is 3.32. The number of rotatable bonds is 10. The van der Waals surface area contributed by atoms with Gasteiger partial charge in [-0.25, -0.2) is 4.79 Å². The zero-order chi connectivity index (χ0) is 24.5. The van der Waals surface area contributed by atoms with E-state index in [1.807, 2.05) is 12.1 Å². The molecule has 0 bridgehead atoms. The molecule has 1 rings (SSSR count). The van der Waals surface area contributed by atoms with Crippen molar-refractivity contribution in [1.82, 2.24) is 5.32 Å². The Labute approximate surface area is 206 Å². The van der Waals surface area contributed by atoms with E-state index in [9.17, 15) is 9.59 Å². The van der Waals surface area contributed by atoms with E-state index in [0.717, 1.165) is 11.3 Å². The van der Waals surface area contributed by atoms with Gasteiger partial charge in [0.1, 0.15) is 11.2 Å². The first-order valence-corrected chi connectivity index (χ1v) is 12.1. The molecule has 1 N–H and O–H groups in total. The maximum atomic E-state index is 12.5. The summed E-state index contributed by atoms with van der Waals surface area (Å²) >= 11 is 18.3. The van der Waals surface area contributed by atoms with E-state index in [-0.39, 0.29) is 6.42 Å². The molecule has 0 aromatic heterocycles. The van der Waals surface area contributed by atoms with Gasteiger partial charge in [0.25, 0.3) is 0 Å². The highest BCUT2D eigenvalue weighted by Gasteiger charge is 2.25. The highest BCUT2D eigenvalue weighted by molar-refractivity contribution is 6.31. The summed E-state index contributed by atoms with van der Waals surface area (Å²) in [6, 6.07) is 5.05. The molecule has 1 amide bonds. The molecule has 1 aromatic rings. The number of hydrogen-bond donors (Lipinski definition) is 1. The Bertz CT molecular complexity index is 725. The van der Waals surface area contributed by atoms with Crippen LogP contribution in [-0.4, -0.2) is 54.2 Å². The van der Waals surface area contributed by atoms with Crippen molar-refractivity contribution in [3.63, 3.8) is 0 Å². The summed E-state index contributed by atoms with van der Waals surface area (Å²) in [5.41, 5.74) is 0.401. The maximum absolute atomic E-state index is 12.5. The number of esters is 1. The summed E-state index contributed by atoms with van der Waals surface area (Å²) in [6.07, 6.45) is -0.311. The van der Waals surface area contributed by atoms with Crippen molar-refractivity contribution in [2.75, 3.05) is 29.7 Å². The maximum Gasteiger partial charge on any atom is 0.407 e. The lowest BCUT2D eigenvalue weighted by Crippen LogP contribution is -2.42. The van der Waals surface area contributed by atoms with Gasteiger partial charge in [0.15, 0.2) is 0 Å². The first-order valence-electron chi connectivity index (χ1n) is 10.6. The summed E-state index contributed by atoms with van der Waals surface area (Å²) < 4.78 is 10.8. The number of hydrogen-bond acceptors (Lipinski definition) is 5. The molecule has 0 radical (unpaired) electrons. The number of anilines is 1. The number of nitrogens with zero attached hydrogens (tertiary/aromatic N) is 1. The van der Waals surface area contributed by atoms with E-state index in [4.69, 9.17) is 44.3 Å². The van der Waals surface area contributed by atoms with Crippen molar-refractivity contribution in [2.45, 2.75) is 71.6 Å². The molecule has 1 atom stereocenters. The minimum Gasteiger partial charge on any atom is -0.460 e. The third kappa shape index (κ3) is 11.5. The lowest BCUT2D eigenvalue weighted by atomic mass is 10.0. The molecule has 0 saturated carbocycles. The minimum atomic E-state index is -0.665. The average Bonchev–Trinajstić information content (AvgIpc) is 2.60.